The van der Waals surface area contributed by atoms with Crippen LogP contribution in [-0.4, -0.2) is 32.3 Å². The quantitative estimate of drug-likeness (QED) is 0.892. The average Bonchev–Trinajstić information content (AvgIpc) is 2.94. The largest absolute Gasteiger partial charge is 0.493 e. The number of hydrogen-bond donors (Lipinski definition) is 2. The Labute approximate surface area is 143 Å². The third kappa shape index (κ3) is 3.17. The van der Waals surface area contributed by atoms with Gasteiger partial charge in [-0.15, -0.1) is 0 Å². The first-order valence-corrected chi connectivity index (χ1v) is 9.07. The maximum absolute atomic E-state index is 11.3. The second kappa shape index (κ2) is 6.54. The SMILES string of the molecule is COc1ccc(C2CNC(=O)NC2)cc1OC1CC2CC[C@H](C2)C1. The summed E-state index contributed by atoms with van der Waals surface area (Å²) in [5.41, 5.74) is 1.18. The molecule has 2 aliphatic carbocycles. The van der Waals surface area contributed by atoms with Gasteiger partial charge in [0.25, 0.3) is 0 Å². The number of benzene rings is 1. The van der Waals surface area contributed by atoms with Crippen molar-refractivity contribution in [1.82, 2.24) is 10.6 Å². The van der Waals surface area contributed by atoms with Crippen LogP contribution in [0.4, 0.5) is 4.79 Å². The zero-order chi connectivity index (χ0) is 16.5. The lowest BCUT2D eigenvalue weighted by molar-refractivity contribution is 0.115. The zero-order valence-corrected chi connectivity index (χ0v) is 14.2. The van der Waals surface area contributed by atoms with Crippen LogP contribution in [0.5, 0.6) is 11.5 Å². The van der Waals surface area contributed by atoms with E-state index < -0.39 is 0 Å². The number of methoxy groups -OCH3 is 1. The van der Waals surface area contributed by atoms with E-state index >= 15 is 0 Å². The molecule has 1 aromatic carbocycles. The Kier molecular flexibility index (Phi) is 4.25. The first-order chi connectivity index (χ1) is 11.7. The fourth-order valence-corrected chi connectivity index (χ4v) is 4.56. The number of amides is 2. The van der Waals surface area contributed by atoms with Crippen molar-refractivity contribution in [1.29, 1.82) is 0 Å². The van der Waals surface area contributed by atoms with Crippen LogP contribution in [0.3, 0.4) is 0 Å². The third-order valence-corrected chi connectivity index (χ3v) is 5.81. The minimum atomic E-state index is -0.0890. The maximum Gasteiger partial charge on any atom is 0.314 e. The van der Waals surface area contributed by atoms with Crippen molar-refractivity contribution in [3.05, 3.63) is 23.8 Å². The molecule has 1 saturated heterocycles. The highest BCUT2D eigenvalue weighted by Gasteiger charge is 2.35. The van der Waals surface area contributed by atoms with Crippen molar-refractivity contribution in [3.8, 4) is 11.5 Å². The summed E-state index contributed by atoms with van der Waals surface area (Å²) in [6, 6.07) is 6.06. The minimum absolute atomic E-state index is 0.0890. The summed E-state index contributed by atoms with van der Waals surface area (Å²) < 4.78 is 11.9. The Hall–Kier alpha value is -1.91. The maximum atomic E-state index is 11.3. The molecule has 0 radical (unpaired) electrons. The van der Waals surface area contributed by atoms with Crippen molar-refractivity contribution in [2.75, 3.05) is 20.2 Å². The van der Waals surface area contributed by atoms with Crippen LogP contribution in [0.15, 0.2) is 18.2 Å². The highest BCUT2D eigenvalue weighted by atomic mass is 16.5. The molecule has 2 saturated carbocycles. The second-order valence-corrected chi connectivity index (χ2v) is 7.45. The monoisotopic (exact) mass is 330 g/mol. The Morgan fingerprint density at radius 1 is 1.00 bits per heavy atom. The van der Waals surface area contributed by atoms with Gasteiger partial charge in [0.15, 0.2) is 11.5 Å². The van der Waals surface area contributed by atoms with E-state index in [9.17, 15) is 4.79 Å². The van der Waals surface area contributed by atoms with E-state index in [2.05, 4.69) is 22.8 Å². The van der Waals surface area contributed by atoms with Crippen LogP contribution >= 0.6 is 0 Å². The van der Waals surface area contributed by atoms with Crippen LogP contribution < -0.4 is 20.1 Å². The molecule has 130 valence electrons. The fourth-order valence-electron chi connectivity index (χ4n) is 4.56. The number of nitrogens with one attached hydrogen (secondary N) is 2. The predicted octanol–water partition coefficient (Wildman–Crippen LogP) is 3.05. The van der Waals surface area contributed by atoms with Crippen molar-refractivity contribution >= 4 is 6.03 Å². The number of ether oxygens (including phenoxy) is 2. The Balaban J connectivity index is 1.50. The summed E-state index contributed by atoms with van der Waals surface area (Å²) in [5, 5.41) is 5.72. The summed E-state index contributed by atoms with van der Waals surface area (Å²) in [7, 11) is 1.69. The summed E-state index contributed by atoms with van der Waals surface area (Å²) >= 11 is 0. The van der Waals surface area contributed by atoms with Gasteiger partial charge >= 0.3 is 6.03 Å². The molecular weight excluding hydrogens is 304 g/mol. The summed E-state index contributed by atoms with van der Waals surface area (Å²) in [6.07, 6.45) is 6.79. The van der Waals surface area contributed by atoms with Gasteiger partial charge in [-0.2, -0.15) is 0 Å². The molecule has 3 fully saturated rings. The molecule has 1 aliphatic heterocycles. The molecule has 2 amide bonds. The molecule has 5 nitrogen and oxygen atoms in total. The Morgan fingerprint density at radius 2 is 1.71 bits per heavy atom. The standard InChI is InChI=1S/C19H26N2O3/c1-23-17-5-4-14(15-10-20-19(22)21-11-15)9-18(17)24-16-7-12-2-3-13(6-12)8-16/h4-5,9,12-13,15-16H,2-3,6-8,10-11H2,1H3,(H2,20,21,22)/t12-,13?,16?/m1/s1. The molecule has 0 aromatic heterocycles. The summed E-state index contributed by atoms with van der Waals surface area (Å²) in [4.78, 5) is 11.3. The molecule has 2 unspecified atom stereocenters. The molecule has 2 bridgehead atoms. The number of carbonyl (C=O) groups is 1. The van der Waals surface area contributed by atoms with Gasteiger partial charge < -0.3 is 20.1 Å². The van der Waals surface area contributed by atoms with Crippen LogP contribution in [0.2, 0.25) is 0 Å². The summed E-state index contributed by atoms with van der Waals surface area (Å²) in [5.74, 6) is 3.60. The van der Waals surface area contributed by atoms with Gasteiger partial charge in [0.2, 0.25) is 0 Å². The molecule has 24 heavy (non-hydrogen) atoms. The van der Waals surface area contributed by atoms with E-state index in [1.165, 1.54) is 37.7 Å². The van der Waals surface area contributed by atoms with Gasteiger partial charge in [0.1, 0.15) is 0 Å². The van der Waals surface area contributed by atoms with E-state index in [4.69, 9.17) is 9.47 Å². The smallest absolute Gasteiger partial charge is 0.314 e. The highest BCUT2D eigenvalue weighted by Crippen LogP contribution is 2.44. The minimum Gasteiger partial charge on any atom is -0.493 e. The van der Waals surface area contributed by atoms with Gasteiger partial charge in [-0.1, -0.05) is 18.9 Å². The van der Waals surface area contributed by atoms with E-state index in [0.717, 1.165) is 23.3 Å². The number of hydrogen-bond acceptors (Lipinski definition) is 3. The Bertz CT molecular complexity index is 597. The van der Waals surface area contributed by atoms with Gasteiger partial charge in [-0.05, 0) is 48.8 Å². The first-order valence-electron chi connectivity index (χ1n) is 9.07. The molecule has 5 heteroatoms. The first kappa shape index (κ1) is 15.6. The number of rotatable bonds is 4. The lowest BCUT2D eigenvalue weighted by Crippen LogP contribution is -2.47. The van der Waals surface area contributed by atoms with E-state index in [1.54, 1.807) is 7.11 Å². The molecule has 1 aromatic rings. The molecular formula is C19H26N2O3. The molecule has 3 aliphatic rings. The number of carbonyl (C=O) groups excluding carboxylic acids is 1. The van der Waals surface area contributed by atoms with Crippen molar-refractivity contribution in [2.24, 2.45) is 11.8 Å². The van der Waals surface area contributed by atoms with Gasteiger partial charge in [-0.25, -0.2) is 4.79 Å². The van der Waals surface area contributed by atoms with Crippen molar-refractivity contribution in [2.45, 2.75) is 44.1 Å². The van der Waals surface area contributed by atoms with Crippen LogP contribution in [0, 0.1) is 11.8 Å². The number of urea groups is 1. The normalized spacial score (nSPS) is 29.7. The lowest BCUT2D eigenvalue weighted by atomic mass is 9.87. The van der Waals surface area contributed by atoms with Crippen LogP contribution in [0.25, 0.3) is 0 Å². The van der Waals surface area contributed by atoms with Gasteiger partial charge in [0.05, 0.1) is 13.2 Å². The molecule has 1 heterocycles. The van der Waals surface area contributed by atoms with Crippen LogP contribution in [0.1, 0.15) is 43.6 Å². The van der Waals surface area contributed by atoms with E-state index in [-0.39, 0.29) is 11.9 Å². The second-order valence-electron chi connectivity index (χ2n) is 7.45. The summed E-state index contributed by atoms with van der Waals surface area (Å²) in [6.45, 7) is 1.32. The van der Waals surface area contributed by atoms with Crippen LogP contribution in [-0.2, 0) is 0 Å². The molecule has 2 N–H and O–H groups in total. The third-order valence-electron chi connectivity index (χ3n) is 5.81. The molecule has 4 rings (SSSR count). The van der Waals surface area contributed by atoms with Crippen molar-refractivity contribution < 1.29 is 14.3 Å². The molecule has 3 atom stereocenters. The molecule has 0 spiro atoms. The number of fused-ring (bicyclic) bond motifs is 2. The topological polar surface area (TPSA) is 59.6 Å². The van der Waals surface area contributed by atoms with E-state index in [0.29, 0.717) is 19.2 Å². The van der Waals surface area contributed by atoms with E-state index in [1.807, 2.05) is 6.07 Å². The van der Waals surface area contributed by atoms with Gasteiger partial charge in [0, 0.05) is 19.0 Å². The highest BCUT2D eigenvalue weighted by molar-refractivity contribution is 5.75. The van der Waals surface area contributed by atoms with Crippen molar-refractivity contribution in [3.63, 3.8) is 0 Å². The zero-order valence-electron chi connectivity index (χ0n) is 14.2. The lowest BCUT2D eigenvalue weighted by Gasteiger charge is -2.29. The average molecular weight is 330 g/mol. The fraction of sp³-hybridized carbons (Fsp3) is 0.632. The predicted molar refractivity (Wildman–Crippen MR) is 91.6 cm³/mol. The van der Waals surface area contributed by atoms with Gasteiger partial charge in [-0.3, -0.25) is 0 Å². The Morgan fingerprint density at radius 3 is 2.38 bits per heavy atom.